The Morgan fingerprint density at radius 3 is 2.62 bits per heavy atom. The van der Waals surface area contributed by atoms with Crippen LogP contribution in [0.25, 0.3) is 0 Å². The van der Waals surface area contributed by atoms with E-state index in [4.69, 9.17) is 9.47 Å². The van der Waals surface area contributed by atoms with Gasteiger partial charge in [0.25, 0.3) is 5.69 Å². The molecular weight excluding hydrogens is 368 g/mol. The third-order valence-corrected chi connectivity index (χ3v) is 4.54. The van der Waals surface area contributed by atoms with Gasteiger partial charge in [-0.05, 0) is 12.1 Å². The molecule has 1 aromatic carbocycles. The van der Waals surface area contributed by atoms with Crippen LogP contribution in [-0.2, 0) is 19.5 Å². The van der Waals surface area contributed by atoms with Crippen LogP contribution >= 0.6 is 15.9 Å². The molecule has 0 aliphatic carbocycles. The molecule has 0 amide bonds. The molecule has 0 saturated carbocycles. The molecule has 0 fully saturated rings. The topological polar surface area (TPSA) is 108 Å². The number of halogens is 1. The molecule has 0 radical (unpaired) electrons. The molecule has 1 unspecified atom stereocenters. The van der Waals surface area contributed by atoms with Crippen LogP contribution in [0.5, 0.6) is 0 Å². The number of nitrogens with zero attached hydrogens (tertiary/aromatic N) is 1. The Hall–Kier alpha value is -1.07. The van der Waals surface area contributed by atoms with Crippen molar-refractivity contribution in [3.63, 3.8) is 0 Å². The number of nitro groups is 1. The lowest BCUT2D eigenvalue weighted by atomic mass is 10.3. The van der Waals surface area contributed by atoms with Crippen LogP contribution in [0.15, 0.2) is 27.6 Å². The average molecular weight is 383 g/mol. The second kappa shape index (κ2) is 7.80. The van der Waals surface area contributed by atoms with Crippen molar-refractivity contribution in [3.05, 3.63) is 32.8 Å². The van der Waals surface area contributed by atoms with Crippen molar-refractivity contribution in [1.82, 2.24) is 4.72 Å². The van der Waals surface area contributed by atoms with Crippen LogP contribution in [0.1, 0.15) is 0 Å². The van der Waals surface area contributed by atoms with Crippen molar-refractivity contribution >= 4 is 31.6 Å². The van der Waals surface area contributed by atoms with Crippen LogP contribution in [0.4, 0.5) is 5.69 Å². The molecule has 0 aromatic heterocycles. The van der Waals surface area contributed by atoms with Crippen LogP contribution in [0.3, 0.4) is 0 Å². The van der Waals surface area contributed by atoms with Crippen molar-refractivity contribution in [2.45, 2.75) is 11.0 Å². The van der Waals surface area contributed by atoms with Gasteiger partial charge in [0, 0.05) is 31.3 Å². The van der Waals surface area contributed by atoms with Crippen LogP contribution in [0, 0.1) is 10.1 Å². The first-order valence-corrected chi connectivity index (χ1v) is 8.04. The van der Waals surface area contributed by atoms with E-state index in [1.54, 1.807) is 0 Å². The monoisotopic (exact) mass is 382 g/mol. The van der Waals surface area contributed by atoms with E-state index < -0.39 is 31.6 Å². The minimum absolute atomic E-state index is 0.0592. The molecule has 1 aromatic rings. The van der Waals surface area contributed by atoms with Gasteiger partial charge in [-0.25, -0.2) is 13.1 Å². The summed E-state index contributed by atoms with van der Waals surface area (Å²) in [7, 11) is -1.16. The largest absolute Gasteiger partial charge is 0.382 e. The molecule has 0 heterocycles. The summed E-state index contributed by atoms with van der Waals surface area (Å²) in [6.07, 6.45) is -0.490. The number of ether oxygens (including phenoxy) is 2. The molecule has 1 N–H and O–H groups in total. The number of methoxy groups -OCH3 is 2. The Morgan fingerprint density at radius 2 is 2.10 bits per heavy atom. The fourth-order valence-corrected chi connectivity index (χ4v) is 3.30. The van der Waals surface area contributed by atoms with Crippen LogP contribution in [-0.4, -0.2) is 46.8 Å². The van der Waals surface area contributed by atoms with Crippen molar-refractivity contribution in [2.75, 3.05) is 27.4 Å². The van der Waals surface area contributed by atoms with E-state index in [1.165, 1.54) is 26.4 Å². The summed E-state index contributed by atoms with van der Waals surface area (Å²) in [5, 5.41) is 10.9. The summed E-state index contributed by atoms with van der Waals surface area (Å²) < 4.78 is 37.0. The summed E-state index contributed by atoms with van der Waals surface area (Å²) in [5.74, 6) is 0. The minimum atomic E-state index is -4.04. The summed E-state index contributed by atoms with van der Waals surface area (Å²) in [5.41, 5.74) is -0.494. The Balaban J connectivity index is 3.02. The van der Waals surface area contributed by atoms with Crippen molar-refractivity contribution in [3.8, 4) is 0 Å². The summed E-state index contributed by atoms with van der Waals surface area (Å²) >= 11 is 3.10. The number of hydrogen-bond acceptors (Lipinski definition) is 6. The molecule has 0 spiro atoms. The highest BCUT2D eigenvalue weighted by atomic mass is 79.9. The van der Waals surface area contributed by atoms with Gasteiger partial charge in [0.05, 0.1) is 17.6 Å². The molecule has 21 heavy (non-hydrogen) atoms. The van der Waals surface area contributed by atoms with Crippen LogP contribution < -0.4 is 4.72 Å². The molecule has 0 saturated heterocycles. The molecule has 0 aliphatic heterocycles. The second-order valence-corrected chi connectivity index (χ2v) is 6.69. The molecule has 1 rings (SSSR count). The zero-order chi connectivity index (χ0) is 16.0. The molecule has 1 atom stereocenters. The van der Waals surface area contributed by atoms with E-state index in [1.807, 2.05) is 0 Å². The SMILES string of the molecule is COCC(CNS(=O)(=O)c1cc(Br)ccc1[N+](=O)[O-])OC. The Kier molecular flexibility index (Phi) is 6.68. The van der Waals surface area contributed by atoms with Gasteiger partial charge in [-0.2, -0.15) is 0 Å². The van der Waals surface area contributed by atoms with Crippen molar-refractivity contribution < 1.29 is 22.8 Å². The van der Waals surface area contributed by atoms with E-state index in [9.17, 15) is 18.5 Å². The Morgan fingerprint density at radius 1 is 1.43 bits per heavy atom. The predicted molar refractivity (Wildman–Crippen MR) is 78.7 cm³/mol. The summed E-state index contributed by atoms with van der Waals surface area (Å²) in [4.78, 5) is 9.78. The van der Waals surface area contributed by atoms with E-state index in [-0.39, 0.29) is 13.2 Å². The minimum Gasteiger partial charge on any atom is -0.382 e. The molecule has 8 nitrogen and oxygen atoms in total. The second-order valence-electron chi connectivity index (χ2n) is 4.03. The summed E-state index contributed by atoms with van der Waals surface area (Å²) in [6.45, 7) is 0.135. The van der Waals surface area contributed by atoms with E-state index in [2.05, 4.69) is 20.7 Å². The molecule has 10 heteroatoms. The number of rotatable bonds is 8. The third-order valence-electron chi connectivity index (χ3n) is 2.59. The quantitative estimate of drug-likeness (QED) is 0.536. The Bertz CT molecular complexity index is 607. The highest BCUT2D eigenvalue weighted by Gasteiger charge is 2.26. The fourth-order valence-electron chi connectivity index (χ4n) is 1.53. The van der Waals surface area contributed by atoms with Gasteiger partial charge in [0.1, 0.15) is 0 Å². The number of benzene rings is 1. The van der Waals surface area contributed by atoms with E-state index in [0.29, 0.717) is 4.47 Å². The first-order chi connectivity index (χ1) is 9.81. The van der Waals surface area contributed by atoms with Crippen molar-refractivity contribution in [1.29, 1.82) is 0 Å². The zero-order valence-corrected chi connectivity index (χ0v) is 13.8. The number of nitro benzene ring substituents is 1. The normalized spacial score (nSPS) is 13.1. The number of hydrogen-bond donors (Lipinski definition) is 1. The smallest absolute Gasteiger partial charge is 0.289 e. The van der Waals surface area contributed by atoms with E-state index >= 15 is 0 Å². The van der Waals surface area contributed by atoms with Gasteiger partial charge in [-0.15, -0.1) is 0 Å². The third kappa shape index (κ3) is 5.00. The van der Waals surface area contributed by atoms with E-state index in [0.717, 1.165) is 6.07 Å². The van der Waals surface area contributed by atoms with Gasteiger partial charge in [-0.3, -0.25) is 10.1 Å². The first-order valence-electron chi connectivity index (χ1n) is 5.77. The van der Waals surface area contributed by atoms with Gasteiger partial charge < -0.3 is 9.47 Å². The highest BCUT2D eigenvalue weighted by molar-refractivity contribution is 9.10. The average Bonchev–Trinajstić information content (AvgIpc) is 2.43. The van der Waals surface area contributed by atoms with Gasteiger partial charge in [-0.1, -0.05) is 15.9 Å². The lowest BCUT2D eigenvalue weighted by molar-refractivity contribution is -0.387. The standard InChI is InChI=1S/C11H15BrN2O6S/c1-19-7-9(20-2)6-13-21(17,18)11-5-8(12)3-4-10(11)14(15)16/h3-5,9,13H,6-7H2,1-2H3. The fraction of sp³-hybridized carbons (Fsp3) is 0.455. The summed E-state index contributed by atoms with van der Waals surface area (Å²) in [6, 6.07) is 3.71. The van der Waals surface area contributed by atoms with Crippen LogP contribution in [0.2, 0.25) is 0 Å². The maximum absolute atomic E-state index is 12.2. The molecule has 0 aliphatic rings. The highest BCUT2D eigenvalue weighted by Crippen LogP contribution is 2.27. The van der Waals surface area contributed by atoms with Crippen molar-refractivity contribution in [2.24, 2.45) is 0 Å². The number of sulfonamides is 1. The van der Waals surface area contributed by atoms with Gasteiger partial charge in [0.15, 0.2) is 4.90 Å². The predicted octanol–water partition coefficient (Wildman–Crippen LogP) is 1.30. The lowest BCUT2D eigenvalue weighted by Crippen LogP contribution is -2.35. The maximum Gasteiger partial charge on any atom is 0.289 e. The molecular formula is C11H15BrN2O6S. The molecule has 118 valence electrons. The zero-order valence-electron chi connectivity index (χ0n) is 11.4. The van der Waals surface area contributed by atoms with Gasteiger partial charge in [0.2, 0.25) is 10.0 Å². The number of nitrogens with one attached hydrogen (secondary N) is 1. The first kappa shape index (κ1) is 18.0. The Labute approximate surface area is 130 Å². The van der Waals surface area contributed by atoms with Gasteiger partial charge >= 0.3 is 0 Å². The maximum atomic E-state index is 12.2. The lowest BCUT2D eigenvalue weighted by Gasteiger charge is -2.15. The molecule has 0 bridgehead atoms.